The molecule has 0 spiro atoms. The average Bonchev–Trinajstić information content (AvgIpc) is 2.97. The minimum absolute atomic E-state index is 1.11. The molecule has 3 unspecified atom stereocenters. The lowest BCUT2D eigenvalue weighted by Crippen LogP contribution is -2.23. The molecule has 3 atom stereocenters. The second-order valence-electron chi connectivity index (χ2n) is 5.16. The smallest absolute Gasteiger partial charge is 0.00816 e. The molecule has 0 amide bonds. The molecular weight excluding hydrogens is 176 g/mol. The molecule has 2 saturated carbocycles. The predicted molar refractivity (Wildman–Crippen MR) is 59.0 cm³/mol. The van der Waals surface area contributed by atoms with Gasteiger partial charge in [0.2, 0.25) is 0 Å². The van der Waals surface area contributed by atoms with Crippen molar-refractivity contribution in [1.29, 1.82) is 0 Å². The van der Waals surface area contributed by atoms with E-state index in [0.29, 0.717) is 0 Å². The third-order valence-corrected chi connectivity index (χ3v) is 5.81. The van der Waals surface area contributed by atoms with Crippen molar-refractivity contribution in [2.45, 2.75) is 50.2 Å². The minimum Gasteiger partial charge on any atom is -0.158 e. The quantitative estimate of drug-likeness (QED) is 0.616. The molecule has 0 aromatic heterocycles. The second kappa shape index (κ2) is 3.49. The van der Waals surface area contributed by atoms with Gasteiger partial charge in [0.15, 0.2) is 0 Å². The maximum absolute atomic E-state index is 2.26. The molecule has 0 radical (unpaired) electrons. The zero-order valence-corrected chi connectivity index (χ0v) is 9.19. The lowest BCUT2D eigenvalue weighted by molar-refractivity contribution is 0.217. The van der Waals surface area contributed by atoms with Gasteiger partial charge in [0, 0.05) is 5.25 Å². The fourth-order valence-electron chi connectivity index (χ4n) is 3.55. The van der Waals surface area contributed by atoms with Crippen LogP contribution in [0.1, 0.15) is 44.9 Å². The van der Waals surface area contributed by atoms with E-state index >= 15 is 0 Å². The van der Waals surface area contributed by atoms with E-state index in [1.165, 1.54) is 30.9 Å². The van der Waals surface area contributed by atoms with Crippen LogP contribution in [0.5, 0.6) is 0 Å². The van der Waals surface area contributed by atoms with Crippen molar-refractivity contribution < 1.29 is 0 Å². The highest BCUT2D eigenvalue weighted by Crippen LogP contribution is 2.55. The largest absolute Gasteiger partial charge is 0.158 e. The first kappa shape index (κ1) is 8.64. The molecule has 74 valence electrons. The van der Waals surface area contributed by atoms with Crippen LogP contribution in [-0.4, -0.2) is 11.0 Å². The van der Waals surface area contributed by atoms with E-state index in [-0.39, 0.29) is 0 Å². The summed E-state index contributed by atoms with van der Waals surface area (Å²) >= 11 is 2.26. The summed E-state index contributed by atoms with van der Waals surface area (Å²) in [6.07, 6.45) is 10.9. The van der Waals surface area contributed by atoms with Crippen molar-refractivity contribution >= 4 is 11.8 Å². The number of rotatable bonds is 1. The van der Waals surface area contributed by atoms with E-state index in [4.69, 9.17) is 0 Å². The monoisotopic (exact) mass is 196 g/mol. The van der Waals surface area contributed by atoms with E-state index in [9.17, 15) is 0 Å². The van der Waals surface area contributed by atoms with Crippen LogP contribution < -0.4 is 0 Å². The van der Waals surface area contributed by atoms with E-state index in [0.717, 1.165) is 17.1 Å². The Hall–Kier alpha value is 0.350. The van der Waals surface area contributed by atoms with Crippen molar-refractivity contribution in [3.63, 3.8) is 0 Å². The number of fused-ring (bicyclic) bond motifs is 1. The summed E-state index contributed by atoms with van der Waals surface area (Å²) in [7, 11) is 0. The molecule has 1 aliphatic heterocycles. The summed E-state index contributed by atoms with van der Waals surface area (Å²) < 4.78 is 0. The summed E-state index contributed by atoms with van der Waals surface area (Å²) in [5.41, 5.74) is 0. The van der Waals surface area contributed by atoms with E-state index < -0.39 is 0 Å². The van der Waals surface area contributed by atoms with Gasteiger partial charge in [-0.25, -0.2) is 0 Å². The van der Waals surface area contributed by atoms with Gasteiger partial charge in [0.05, 0.1) is 0 Å². The fraction of sp³-hybridized carbons (Fsp3) is 1.00. The van der Waals surface area contributed by atoms with Crippen LogP contribution in [-0.2, 0) is 0 Å². The van der Waals surface area contributed by atoms with Gasteiger partial charge < -0.3 is 0 Å². The zero-order valence-electron chi connectivity index (χ0n) is 8.37. The van der Waals surface area contributed by atoms with Gasteiger partial charge in [-0.15, -0.1) is 0 Å². The summed E-state index contributed by atoms with van der Waals surface area (Å²) in [5.74, 6) is 4.94. The molecule has 2 aliphatic carbocycles. The first-order valence-electron chi connectivity index (χ1n) is 6.07. The molecule has 1 heteroatoms. The Morgan fingerprint density at radius 1 is 0.846 bits per heavy atom. The number of hydrogen-bond acceptors (Lipinski definition) is 1. The van der Waals surface area contributed by atoms with Crippen molar-refractivity contribution in [3.05, 3.63) is 0 Å². The molecule has 13 heavy (non-hydrogen) atoms. The molecule has 1 saturated heterocycles. The van der Waals surface area contributed by atoms with Crippen LogP contribution in [0.25, 0.3) is 0 Å². The Balaban J connectivity index is 1.62. The third kappa shape index (κ3) is 1.65. The van der Waals surface area contributed by atoms with Gasteiger partial charge in [0.25, 0.3) is 0 Å². The average molecular weight is 196 g/mol. The van der Waals surface area contributed by atoms with Crippen LogP contribution in [0.4, 0.5) is 0 Å². The van der Waals surface area contributed by atoms with Crippen molar-refractivity contribution in [2.75, 3.05) is 5.75 Å². The normalized spacial score (nSPS) is 45.7. The molecule has 0 aromatic rings. The van der Waals surface area contributed by atoms with Gasteiger partial charge in [-0.3, -0.25) is 0 Å². The summed E-state index contributed by atoms with van der Waals surface area (Å²) in [6, 6.07) is 0. The molecule has 3 rings (SSSR count). The molecule has 0 nitrogen and oxygen atoms in total. The first-order valence-corrected chi connectivity index (χ1v) is 7.11. The van der Waals surface area contributed by atoms with Gasteiger partial charge in [-0.05, 0) is 36.3 Å². The molecule has 1 heterocycles. The minimum atomic E-state index is 1.11. The second-order valence-corrected chi connectivity index (χ2v) is 6.51. The Labute approximate surface area is 85.9 Å². The Bertz CT molecular complexity index is 184. The molecule has 3 fully saturated rings. The highest BCUT2D eigenvalue weighted by Gasteiger charge is 2.48. The third-order valence-electron chi connectivity index (χ3n) is 4.37. The maximum Gasteiger partial charge on any atom is 0.00816 e. The van der Waals surface area contributed by atoms with Crippen LogP contribution in [0, 0.1) is 17.8 Å². The standard InChI is InChI=1S/C12H20S/c1-2-4-9(5-3-1)10-6-7-13-12-8-11(10)12/h9-12H,1-8H2. The lowest BCUT2D eigenvalue weighted by Gasteiger charge is -2.32. The van der Waals surface area contributed by atoms with Crippen LogP contribution >= 0.6 is 11.8 Å². The highest BCUT2D eigenvalue weighted by atomic mass is 32.2. The summed E-state index contributed by atoms with van der Waals surface area (Å²) in [4.78, 5) is 0. The van der Waals surface area contributed by atoms with Gasteiger partial charge in [-0.2, -0.15) is 11.8 Å². The SMILES string of the molecule is C1CCC(C2CCSC3CC32)CC1. The predicted octanol–water partition coefficient (Wildman–Crippen LogP) is 3.71. The van der Waals surface area contributed by atoms with Crippen molar-refractivity contribution in [2.24, 2.45) is 17.8 Å². The van der Waals surface area contributed by atoms with E-state index in [1.807, 2.05) is 0 Å². The fourth-order valence-corrected chi connectivity index (χ4v) is 5.07. The van der Waals surface area contributed by atoms with Crippen LogP contribution in [0.15, 0.2) is 0 Å². The number of hydrogen-bond donors (Lipinski definition) is 0. The maximum atomic E-state index is 2.26. The Morgan fingerprint density at radius 2 is 1.69 bits per heavy atom. The molecule has 0 aromatic carbocycles. The summed E-state index contributed by atoms with van der Waals surface area (Å²) in [5, 5.41) is 1.11. The van der Waals surface area contributed by atoms with Gasteiger partial charge in [0.1, 0.15) is 0 Å². The molecule has 0 N–H and O–H groups in total. The van der Waals surface area contributed by atoms with Gasteiger partial charge in [-0.1, -0.05) is 32.1 Å². The summed E-state index contributed by atoms with van der Waals surface area (Å²) in [6.45, 7) is 0. The topological polar surface area (TPSA) is 0 Å². The van der Waals surface area contributed by atoms with Crippen molar-refractivity contribution in [3.8, 4) is 0 Å². The van der Waals surface area contributed by atoms with Crippen LogP contribution in [0.2, 0.25) is 0 Å². The molecular formula is C12H20S. The Morgan fingerprint density at radius 3 is 2.54 bits per heavy atom. The molecule has 3 aliphatic rings. The van der Waals surface area contributed by atoms with E-state index in [2.05, 4.69) is 11.8 Å². The zero-order chi connectivity index (χ0) is 8.67. The first-order chi connectivity index (χ1) is 6.45. The van der Waals surface area contributed by atoms with Crippen LogP contribution in [0.3, 0.4) is 0 Å². The Kier molecular flexibility index (Phi) is 2.32. The molecule has 0 bridgehead atoms. The van der Waals surface area contributed by atoms with Gasteiger partial charge >= 0.3 is 0 Å². The van der Waals surface area contributed by atoms with E-state index in [1.54, 1.807) is 25.7 Å². The lowest BCUT2D eigenvalue weighted by atomic mass is 9.76. The highest BCUT2D eigenvalue weighted by molar-refractivity contribution is 8.00. The number of thioether (sulfide) groups is 1. The van der Waals surface area contributed by atoms with Crippen molar-refractivity contribution in [1.82, 2.24) is 0 Å².